The molecule has 104 valence electrons. The number of nitrogen functional groups attached to an aromatic ring is 2. The predicted octanol–water partition coefficient (Wildman–Crippen LogP) is -0.436. The lowest BCUT2D eigenvalue weighted by atomic mass is 10.0. The first kappa shape index (κ1) is 13.5. The molecule has 0 aromatic carbocycles. The van der Waals surface area contributed by atoms with Crippen molar-refractivity contribution in [2.45, 2.75) is 31.8 Å². The fraction of sp³-hybridized carbons (Fsp3) is 0.636. The number of likely N-dealkylation sites (tertiary alicyclic amines) is 1. The Morgan fingerprint density at radius 3 is 2.63 bits per heavy atom. The maximum absolute atomic E-state index is 11.7. The Morgan fingerprint density at radius 2 is 2.00 bits per heavy atom. The van der Waals surface area contributed by atoms with E-state index < -0.39 is 0 Å². The van der Waals surface area contributed by atoms with Crippen LogP contribution in [0, 0.1) is 0 Å². The number of piperidine rings is 1. The Morgan fingerprint density at radius 1 is 1.32 bits per heavy atom. The second kappa shape index (κ2) is 5.79. The van der Waals surface area contributed by atoms with Crippen molar-refractivity contribution in [3.05, 3.63) is 5.82 Å². The van der Waals surface area contributed by atoms with E-state index in [1.54, 1.807) is 0 Å². The summed E-state index contributed by atoms with van der Waals surface area (Å²) >= 11 is 0. The van der Waals surface area contributed by atoms with Crippen molar-refractivity contribution in [3.8, 4) is 0 Å². The van der Waals surface area contributed by atoms with Crippen molar-refractivity contribution in [1.82, 2.24) is 19.9 Å². The van der Waals surface area contributed by atoms with Crippen LogP contribution in [-0.2, 0) is 16.1 Å². The van der Waals surface area contributed by atoms with E-state index in [9.17, 15) is 4.79 Å². The molecule has 0 amide bonds. The van der Waals surface area contributed by atoms with E-state index in [1.165, 1.54) is 7.11 Å². The van der Waals surface area contributed by atoms with Crippen LogP contribution < -0.4 is 11.5 Å². The average Bonchev–Trinajstić information content (AvgIpc) is 2.37. The molecule has 1 aliphatic rings. The van der Waals surface area contributed by atoms with Gasteiger partial charge in [0.15, 0.2) is 0 Å². The first-order chi connectivity index (χ1) is 9.10. The third kappa shape index (κ3) is 3.28. The number of methoxy groups -OCH3 is 1. The minimum atomic E-state index is -0.252. The molecule has 1 aromatic heterocycles. The molecule has 1 fully saturated rings. The standard InChI is InChI=1S/C11H18N6O2/c1-19-9(18)7-4-2-3-5-17(7)6-8-14-10(12)16-11(13)15-8/h7H,2-6H2,1H3,(H4,12,13,14,15,16). The SMILES string of the molecule is COC(=O)C1CCCCN1Cc1nc(N)nc(N)n1. The number of nitrogens with two attached hydrogens (primary N) is 2. The summed E-state index contributed by atoms with van der Waals surface area (Å²) in [7, 11) is 1.40. The molecule has 0 spiro atoms. The van der Waals surface area contributed by atoms with Gasteiger partial charge >= 0.3 is 5.97 Å². The Kier molecular flexibility index (Phi) is 4.10. The van der Waals surface area contributed by atoms with Gasteiger partial charge in [-0.25, -0.2) is 0 Å². The highest BCUT2D eigenvalue weighted by atomic mass is 16.5. The number of anilines is 2. The van der Waals surface area contributed by atoms with E-state index in [1.807, 2.05) is 4.90 Å². The van der Waals surface area contributed by atoms with Crippen LogP contribution in [0.2, 0.25) is 0 Å². The van der Waals surface area contributed by atoms with Gasteiger partial charge in [-0.2, -0.15) is 15.0 Å². The van der Waals surface area contributed by atoms with Gasteiger partial charge in [0, 0.05) is 0 Å². The molecule has 2 heterocycles. The largest absolute Gasteiger partial charge is 0.468 e. The molecule has 0 bridgehead atoms. The molecule has 1 aromatic rings. The van der Waals surface area contributed by atoms with Crippen LogP contribution >= 0.6 is 0 Å². The maximum atomic E-state index is 11.7. The Labute approximate surface area is 111 Å². The highest BCUT2D eigenvalue weighted by Gasteiger charge is 2.30. The summed E-state index contributed by atoms with van der Waals surface area (Å²) in [5.74, 6) is 0.429. The molecule has 0 saturated carbocycles. The van der Waals surface area contributed by atoms with Gasteiger partial charge in [0.05, 0.1) is 13.7 Å². The molecule has 1 saturated heterocycles. The van der Waals surface area contributed by atoms with E-state index >= 15 is 0 Å². The summed E-state index contributed by atoms with van der Waals surface area (Å²) in [5, 5.41) is 0. The van der Waals surface area contributed by atoms with Crippen molar-refractivity contribution in [2.75, 3.05) is 25.1 Å². The van der Waals surface area contributed by atoms with Crippen molar-refractivity contribution < 1.29 is 9.53 Å². The molecule has 19 heavy (non-hydrogen) atoms. The number of hydrogen-bond acceptors (Lipinski definition) is 8. The van der Waals surface area contributed by atoms with Crippen molar-refractivity contribution in [3.63, 3.8) is 0 Å². The summed E-state index contributed by atoms with van der Waals surface area (Å²) in [4.78, 5) is 25.5. The molecule has 8 nitrogen and oxygen atoms in total. The fourth-order valence-corrected chi connectivity index (χ4v) is 2.29. The summed E-state index contributed by atoms with van der Waals surface area (Å²) < 4.78 is 4.82. The zero-order valence-corrected chi connectivity index (χ0v) is 10.9. The third-order valence-electron chi connectivity index (χ3n) is 3.15. The van der Waals surface area contributed by atoms with Gasteiger partial charge < -0.3 is 16.2 Å². The van der Waals surface area contributed by atoms with E-state index in [2.05, 4.69) is 15.0 Å². The van der Waals surface area contributed by atoms with Crippen LogP contribution in [0.5, 0.6) is 0 Å². The third-order valence-corrected chi connectivity index (χ3v) is 3.15. The minimum Gasteiger partial charge on any atom is -0.468 e. The van der Waals surface area contributed by atoms with Gasteiger partial charge in [-0.15, -0.1) is 0 Å². The average molecular weight is 266 g/mol. The van der Waals surface area contributed by atoms with E-state index in [0.717, 1.165) is 25.8 Å². The molecule has 1 unspecified atom stereocenters. The van der Waals surface area contributed by atoms with Crippen molar-refractivity contribution in [2.24, 2.45) is 0 Å². The molecule has 0 radical (unpaired) electrons. The minimum absolute atomic E-state index is 0.0918. The van der Waals surface area contributed by atoms with Crippen LogP contribution in [0.4, 0.5) is 11.9 Å². The normalized spacial score (nSPS) is 20.2. The molecular weight excluding hydrogens is 248 g/mol. The van der Waals surface area contributed by atoms with Gasteiger partial charge in [0.2, 0.25) is 11.9 Å². The number of aromatic nitrogens is 3. The lowest BCUT2D eigenvalue weighted by Crippen LogP contribution is -2.45. The summed E-state index contributed by atoms with van der Waals surface area (Å²) in [5.41, 5.74) is 11.1. The molecular formula is C11H18N6O2. The number of ether oxygens (including phenoxy) is 1. The molecule has 1 atom stereocenters. The number of carbonyl (C=O) groups is 1. The number of esters is 1. The van der Waals surface area contributed by atoms with Crippen molar-refractivity contribution in [1.29, 1.82) is 0 Å². The Balaban J connectivity index is 2.12. The fourth-order valence-electron chi connectivity index (χ4n) is 2.29. The van der Waals surface area contributed by atoms with Gasteiger partial charge in [0.1, 0.15) is 11.9 Å². The summed E-state index contributed by atoms with van der Waals surface area (Å²) in [6.07, 6.45) is 2.82. The quantitative estimate of drug-likeness (QED) is 0.707. The summed E-state index contributed by atoms with van der Waals surface area (Å²) in [6.45, 7) is 1.21. The lowest BCUT2D eigenvalue weighted by molar-refractivity contribution is -0.148. The molecule has 1 aliphatic heterocycles. The number of carbonyl (C=O) groups excluding carboxylic acids is 1. The van der Waals surface area contributed by atoms with Crippen molar-refractivity contribution >= 4 is 17.9 Å². The maximum Gasteiger partial charge on any atom is 0.323 e. The van der Waals surface area contributed by atoms with E-state index in [4.69, 9.17) is 16.2 Å². The van der Waals surface area contributed by atoms with Gasteiger partial charge in [-0.05, 0) is 19.4 Å². The molecule has 8 heteroatoms. The van der Waals surface area contributed by atoms with Crippen LogP contribution in [0.25, 0.3) is 0 Å². The monoisotopic (exact) mass is 266 g/mol. The zero-order chi connectivity index (χ0) is 13.8. The summed E-state index contributed by atoms with van der Waals surface area (Å²) in [6, 6.07) is -0.252. The number of nitrogens with zero attached hydrogens (tertiary/aromatic N) is 4. The first-order valence-corrected chi connectivity index (χ1v) is 6.18. The Bertz CT molecular complexity index is 446. The lowest BCUT2D eigenvalue weighted by Gasteiger charge is -2.32. The highest BCUT2D eigenvalue weighted by Crippen LogP contribution is 2.19. The van der Waals surface area contributed by atoms with E-state index in [0.29, 0.717) is 12.4 Å². The molecule has 0 aliphatic carbocycles. The second-order valence-electron chi connectivity index (χ2n) is 4.47. The number of hydrogen-bond donors (Lipinski definition) is 2. The molecule has 2 rings (SSSR count). The van der Waals surface area contributed by atoms with Crippen LogP contribution in [-0.4, -0.2) is 45.5 Å². The van der Waals surface area contributed by atoms with Gasteiger partial charge in [-0.3, -0.25) is 9.69 Å². The van der Waals surface area contributed by atoms with Gasteiger partial charge in [-0.1, -0.05) is 6.42 Å². The predicted molar refractivity (Wildman–Crippen MR) is 68.7 cm³/mol. The van der Waals surface area contributed by atoms with Crippen LogP contribution in [0.3, 0.4) is 0 Å². The first-order valence-electron chi connectivity index (χ1n) is 6.18. The highest BCUT2D eigenvalue weighted by molar-refractivity contribution is 5.75. The van der Waals surface area contributed by atoms with Gasteiger partial charge in [0.25, 0.3) is 0 Å². The Hall–Kier alpha value is -1.96. The smallest absolute Gasteiger partial charge is 0.323 e. The topological polar surface area (TPSA) is 120 Å². The molecule has 4 N–H and O–H groups in total. The van der Waals surface area contributed by atoms with Crippen LogP contribution in [0.15, 0.2) is 0 Å². The van der Waals surface area contributed by atoms with Crippen LogP contribution in [0.1, 0.15) is 25.1 Å². The number of rotatable bonds is 3. The zero-order valence-electron chi connectivity index (χ0n) is 10.9. The second-order valence-corrected chi connectivity index (χ2v) is 4.47. The van der Waals surface area contributed by atoms with E-state index in [-0.39, 0.29) is 23.9 Å².